The second-order valence-corrected chi connectivity index (χ2v) is 4.79. The van der Waals surface area contributed by atoms with E-state index in [-0.39, 0.29) is 22.5 Å². The standard InChI is InChI=1S/C12H12FN3OS/c1-2-6-5-7(3-4-8(6)13)9(17)10-11(14)16-12(15)18-10/h3-5H,2,14H2,1H3,(H2,15,16). The number of aromatic nitrogens is 1. The zero-order chi connectivity index (χ0) is 13.3. The molecule has 0 fully saturated rings. The maximum absolute atomic E-state index is 13.4. The van der Waals surface area contributed by atoms with Gasteiger partial charge in [0.1, 0.15) is 16.5 Å². The van der Waals surface area contributed by atoms with Crippen molar-refractivity contribution in [3.8, 4) is 0 Å². The minimum Gasteiger partial charge on any atom is -0.382 e. The third-order valence-corrected chi connectivity index (χ3v) is 3.46. The van der Waals surface area contributed by atoms with E-state index in [0.29, 0.717) is 22.4 Å². The average Bonchev–Trinajstić information content (AvgIpc) is 2.68. The highest BCUT2D eigenvalue weighted by Crippen LogP contribution is 2.26. The number of halogens is 1. The van der Waals surface area contributed by atoms with Gasteiger partial charge in [0.2, 0.25) is 5.78 Å². The molecule has 4 N–H and O–H groups in total. The van der Waals surface area contributed by atoms with E-state index < -0.39 is 0 Å². The van der Waals surface area contributed by atoms with E-state index in [1.807, 2.05) is 6.92 Å². The summed E-state index contributed by atoms with van der Waals surface area (Å²) in [5.74, 6) is -0.480. The third-order valence-electron chi connectivity index (χ3n) is 2.56. The summed E-state index contributed by atoms with van der Waals surface area (Å²) in [6.07, 6.45) is 0.521. The van der Waals surface area contributed by atoms with Crippen LogP contribution in [-0.4, -0.2) is 10.8 Å². The molecule has 0 saturated carbocycles. The van der Waals surface area contributed by atoms with Crippen molar-refractivity contribution >= 4 is 28.1 Å². The summed E-state index contributed by atoms with van der Waals surface area (Å²) < 4.78 is 13.4. The zero-order valence-corrected chi connectivity index (χ0v) is 10.6. The summed E-state index contributed by atoms with van der Waals surface area (Å²) >= 11 is 1.03. The number of nitrogens with zero attached hydrogens (tertiary/aromatic N) is 1. The number of hydrogen-bond acceptors (Lipinski definition) is 5. The molecule has 2 rings (SSSR count). The molecule has 18 heavy (non-hydrogen) atoms. The second kappa shape index (κ2) is 4.73. The van der Waals surface area contributed by atoms with Crippen LogP contribution in [0.2, 0.25) is 0 Å². The van der Waals surface area contributed by atoms with Gasteiger partial charge < -0.3 is 11.5 Å². The van der Waals surface area contributed by atoms with Crippen molar-refractivity contribution in [2.75, 3.05) is 11.5 Å². The highest BCUT2D eigenvalue weighted by atomic mass is 32.1. The summed E-state index contributed by atoms with van der Waals surface area (Å²) in [5, 5.41) is 0.244. The molecule has 0 spiro atoms. The first kappa shape index (κ1) is 12.5. The smallest absolute Gasteiger partial charge is 0.206 e. The summed E-state index contributed by atoms with van der Waals surface area (Å²) in [7, 11) is 0. The Morgan fingerprint density at radius 2 is 2.17 bits per heavy atom. The van der Waals surface area contributed by atoms with Gasteiger partial charge in [-0.15, -0.1) is 0 Å². The number of rotatable bonds is 3. The zero-order valence-electron chi connectivity index (χ0n) is 9.74. The number of anilines is 2. The van der Waals surface area contributed by atoms with Crippen molar-refractivity contribution in [1.82, 2.24) is 4.98 Å². The molecule has 4 nitrogen and oxygen atoms in total. The first-order chi connectivity index (χ1) is 8.52. The fourth-order valence-corrected chi connectivity index (χ4v) is 2.34. The Morgan fingerprint density at radius 1 is 1.44 bits per heavy atom. The number of thiazole rings is 1. The van der Waals surface area contributed by atoms with Gasteiger partial charge in [-0.2, -0.15) is 0 Å². The van der Waals surface area contributed by atoms with Gasteiger partial charge in [0.15, 0.2) is 5.13 Å². The van der Waals surface area contributed by atoms with Gasteiger partial charge in [0, 0.05) is 5.56 Å². The first-order valence-electron chi connectivity index (χ1n) is 5.37. The van der Waals surface area contributed by atoms with E-state index >= 15 is 0 Å². The van der Waals surface area contributed by atoms with Gasteiger partial charge in [-0.1, -0.05) is 18.3 Å². The molecule has 1 aromatic heterocycles. The van der Waals surface area contributed by atoms with E-state index in [4.69, 9.17) is 11.5 Å². The highest BCUT2D eigenvalue weighted by molar-refractivity contribution is 7.18. The van der Waals surface area contributed by atoms with Crippen LogP contribution in [0.25, 0.3) is 0 Å². The quantitative estimate of drug-likeness (QED) is 0.834. The van der Waals surface area contributed by atoms with Gasteiger partial charge in [-0.05, 0) is 30.2 Å². The lowest BCUT2D eigenvalue weighted by Gasteiger charge is -2.03. The molecular weight excluding hydrogens is 253 g/mol. The predicted octanol–water partition coefficient (Wildman–Crippen LogP) is 2.24. The number of hydrogen-bond donors (Lipinski definition) is 2. The number of nitrogen functional groups attached to an aromatic ring is 2. The summed E-state index contributed by atoms with van der Waals surface area (Å²) in [5.41, 5.74) is 12.0. The Balaban J connectivity index is 2.43. The lowest BCUT2D eigenvalue weighted by Crippen LogP contribution is -2.04. The Labute approximate surface area is 107 Å². The van der Waals surface area contributed by atoms with E-state index in [0.717, 1.165) is 11.3 Å². The van der Waals surface area contributed by atoms with Crippen LogP contribution in [-0.2, 0) is 6.42 Å². The first-order valence-corrected chi connectivity index (χ1v) is 6.19. The molecule has 0 bridgehead atoms. The van der Waals surface area contributed by atoms with Crippen molar-refractivity contribution < 1.29 is 9.18 Å². The molecule has 0 unspecified atom stereocenters. The minimum atomic E-state index is -0.314. The molecule has 0 aliphatic rings. The summed E-state index contributed by atoms with van der Waals surface area (Å²) in [6, 6.07) is 4.26. The number of nitrogens with two attached hydrogens (primary N) is 2. The fourth-order valence-electron chi connectivity index (χ4n) is 1.63. The highest BCUT2D eigenvalue weighted by Gasteiger charge is 2.18. The molecule has 6 heteroatoms. The lowest BCUT2D eigenvalue weighted by atomic mass is 10.0. The predicted molar refractivity (Wildman–Crippen MR) is 70.1 cm³/mol. The number of carbonyl (C=O) groups is 1. The number of aryl methyl sites for hydroxylation is 1. The molecular formula is C12H12FN3OS. The van der Waals surface area contributed by atoms with Crippen molar-refractivity contribution in [3.63, 3.8) is 0 Å². The fraction of sp³-hybridized carbons (Fsp3) is 0.167. The molecule has 0 aliphatic heterocycles. The minimum absolute atomic E-state index is 0.116. The Kier molecular flexibility index (Phi) is 3.29. The molecule has 0 amide bonds. The number of carbonyl (C=O) groups excluding carboxylic acids is 1. The Bertz CT molecular complexity index is 609. The van der Waals surface area contributed by atoms with Crippen molar-refractivity contribution in [1.29, 1.82) is 0 Å². The van der Waals surface area contributed by atoms with E-state index in [1.165, 1.54) is 18.2 Å². The third kappa shape index (κ3) is 2.19. The summed E-state index contributed by atoms with van der Waals surface area (Å²) in [4.78, 5) is 16.3. The Morgan fingerprint density at radius 3 is 2.72 bits per heavy atom. The summed E-state index contributed by atoms with van der Waals surface area (Å²) in [6.45, 7) is 1.83. The van der Waals surface area contributed by atoms with Crippen molar-refractivity contribution in [3.05, 3.63) is 40.0 Å². The maximum Gasteiger partial charge on any atom is 0.206 e. The lowest BCUT2D eigenvalue weighted by molar-refractivity contribution is 0.104. The van der Waals surface area contributed by atoms with Crippen LogP contribution in [0.3, 0.4) is 0 Å². The number of benzene rings is 1. The molecule has 0 saturated heterocycles. The molecule has 0 aliphatic carbocycles. The normalized spacial score (nSPS) is 10.6. The molecule has 2 aromatic rings. The molecule has 1 heterocycles. The monoisotopic (exact) mass is 265 g/mol. The Hall–Kier alpha value is -1.95. The topological polar surface area (TPSA) is 82.0 Å². The molecule has 0 atom stereocenters. The van der Waals surface area contributed by atoms with Crippen LogP contribution in [0.4, 0.5) is 15.3 Å². The molecule has 94 valence electrons. The van der Waals surface area contributed by atoms with Gasteiger partial charge >= 0.3 is 0 Å². The molecule has 0 radical (unpaired) electrons. The number of ketones is 1. The van der Waals surface area contributed by atoms with Crippen LogP contribution in [0.1, 0.15) is 27.7 Å². The molecule has 1 aromatic carbocycles. The van der Waals surface area contributed by atoms with E-state index in [1.54, 1.807) is 0 Å². The van der Waals surface area contributed by atoms with E-state index in [9.17, 15) is 9.18 Å². The van der Waals surface area contributed by atoms with Gasteiger partial charge in [-0.3, -0.25) is 4.79 Å². The largest absolute Gasteiger partial charge is 0.382 e. The van der Waals surface area contributed by atoms with Crippen molar-refractivity contribution in [2.24, 2.45) is 0 Å². The SMILES string of the molecule is CCc1cc(C(=O)c2sc(N)nc2N)ccc1F. The van der Waals surface area contributed by atoms with Crippen LogP contribution in [0.15, 0.2) is 18.2 Å². The van der Waals surface area contributed by atoms with Gasteiger partial charge in [0.25, 0.3) is 0 Å². The van der Waals surface area contributed by atoms with Crippen LogP contribution in [0, 0.1) is 5.82 Å². The van der Waals surface area contributed by atoms with Crippen LogP contribution in [0.5, 0.6) is 0 Å². The van der Waals surface area contributed by atoms with Crippen LogP contribution < -0.4 is 11.5 Å². The van der Waals surface area contributed by atoms with Gasteiger partial charge in [-0.25, -0.2) is 9.37 Å². The van der Waals surface area contributed by atoms with E-state index in [2.05, 4.69) is 4.98 Å². The average molecular weight is 265 g/mol. The maximum atomic E-state index is 13.4. The van der Waals surface area contributed by atoms with Crippen LogP contribution >= 0.6 is 11.3 Å². The van der Waals surface area contributed by atoms with Crippen molar-refractivity contribution in [2.45, 2.75) is 13.3 Å². The van der Waals surface area contributed by atoms with Gasteiger partial charge in [0.05, 0.1) is 0 Å². The second-order valence-electron chi connectivity index (χ2n) is 3.76.